The topological polar surface area (TPSA) is 113 Å². The molecule has 0 bridgehead atoms. The van der Waals surface area contributed by atoms with Gasteiger partial charge in [-0.1, -0.05) is 55.5 Å². The minimum absolute atomic E-state index is 0.367. The average molecular weight is 346 g/mol. The van der Waals surface area contributed by atoms with Crippen molar-refractivity contribution in [3.05, 3.63) is 59.7 Å². The first-order valence-electron chi connectivity index (χ1n) is 7.65. The van der Waals surface area contributed by atoms with Gasteiger partial charge in [0.25, 0.3) is 0 Å². The van der Waals surface area contributed by atoms with Crippen LogP contribution in [-0.4, -0.2) is 21.7 Å². The molecule has 6 nitrogen and oxygen atoms in total. The zero-order chi connectivity index (χ0) is 17.5. The summed E-state index contributed by atoms with van der Waals surface area (Å²) < 4.78 is 12.6. The van der Waals surface area contributed by atoms with Gasteiger partial charge in [-0.05, 0) is 17.5 Å². The number of amides is 1. The lowest BCUT2D eigenvalue weighted by Gasteiger charge is -2.34. The molecule has 0 aromatic heterocycles. The summed E-state index contributed by atoms with van der Waals surface area (Å²) in [4.78, 5) is 32.9. The van der Waals surface area contributed by atoms with E-state index in [1.165, 1.54) is 0 Å². The number of rotatable bonds is 4. The molecule has 0 spiro atoms. The van der Waals surface area contributed by atoms with E-state index in [9.17, 15) is 19.1 Å². The molecule has 1 aliphatic rings. The smallest absolute Gasteiger partial charge is 0.331 e. The van der Waals surface area contributed by atoms with Gasteiger partial charge in [-0.15, -0.1) is 0 Å². The van der Waals surface area contributed by atoms with Crippen molar-refractivity contribution in [3.8, 4) is 11.1 Å². The van der Waals surface area contributed by atoms with E-state index >= 15 is 0 Å². The first-order chi connectivity index (χ1) is 11.3. The second-order valence-electron chi connectivity index (χ2n) is 5.85. The summed E-state index contributed by atoms with van der Waals surface area (Å²) >= 11 is 0. The Hall–Kier alpha value is -1.98. The monoisotopic (exact) mass is 346 g/mol. The Balaban J connectivity index is 2.30. The zero-order valence-electron chi connectivity index (χ0n) is 13.1. The van der Waals surface area contributed by atoms with E-state index in [-0.39, 0.29) is 0 Å². The Morgan fingerprint density at radius 3 is 2.00 bits per heavy atom. The van der Waals surface area contributed by atoms with Crippen molar-refractivity contribution in [2.24, 2.45) is 5.73 Å². The Bertz CT molecular complexity index is 800. The quantitative estimate of drug-likeness (QED) is 0.632. The van der Waals surface area contributed by atoms with Crippen LogP contribution >= 0.6 is 7.60 Å². The third kappa shape index (κ3) is 2.31. The molecule has 5 N–H and O–H groups in total. The van der Waals surface area contributed by atoms with E-state index < -0.39 is 24.8 Å². The van der Waals surface area contributed by atoms with Gasteiger partial charge in [-0.25, -0.2) is 0 Å². The second kappa shape index (κ2) is 5.83. The Labute approximate surface area is 139 Å². The summed E-state index contributed by atoms with van der Waals surface area (Å²) in [6, 6.07) is 13.0. The number of hydrogen-bond donors (Lipinski definition) is 4. The molecule has 2 aromatic carbocycles. The van der Waals surface area contributed by atoms with E-state index in [0.29, 0.717) is 28.7 Å². The predicted molar refractivity (Wildman–Crippen MR) is 91.1 cm³/mol. The molecule has 1 atom stereocenters. The summed E-state index contributed by atoms with van der Waals surface area (Å²) in [5.41, 5.74) is 7.93. The Kier molecular flexibility index (Phi) is 4.10. The van der Waals surface area contributed by atoms with Crippen LogP contribution in [0.4, 0.5) is 0 Å². The summed E-state index contributed by atoms with van der Waals surface area (Å²) in [6.45, 7) is 1.74. The number of hydrogen-bond acceptors (Lipinski definition) is 3. The third-order valence-electron chi connectivity index (χ3n) is 4.44. The molecule has 2 aromatic rings. The first kappa shape index (κ1) is 16.9. The van der Waals surface area contributed by atoms with Gasteiger partial charge in [0.1, 0.15) is 0 Å². The minimum atomic E-state index is -4.80. The van der Waals surface area contributed by atoms with E-state index in [1.807, 2.05) is 0 Å². The largest absolute Gasteiger partial charge is 0.360 e. The molecule has 0 radical (unpaired) electrons. The van der Waals surface area contributed by atoms with Crippen LogP contribution in [0.25, 0.3) is 11.1 Å². The fourth-order valence-corrected chi connectivity index (χ4v) is 4.46. The highest BCUT2D eigenvalue weighted by molar-refractivity contribution is 7.53. The third-order valence-corrected chi connectivity index (χ3v) is 5.91. The van der Waals surface area contributed by atoms with Crippen molar-refractivity contribution in [3.63, 3.8) is 0 Å². The van der Waals surface area contributed by atoms with Crippen LogP contribution in [0.5, 0.6) is 0 Å². The normalized spacial score (nSPS) is 16.2. The minimum Gasteiger partial charge on any atom is -0.331 e. The molecule has 0 aliphatic heterocycles. The lowest BCUT2D eigenvalue weighted by molar-refractivity contribution is -0.123. The molecule has 7 heteroatoms. The number of nitrogens with two attached hydrogens (primary N) is 1. The fourth-order valence-electron chi connectivity index (χ4n) is 3.19. The molecule has 0 heterocycles. The maximum absolute atomic E-state index is 12.6. The van der Waals surface area contributed by atoms with Crippen LogP contribution in [0.3, 0.4) is 0 Å². The second-order valence-corrected chi connectivity index (χ2v) is 7.61. The Morgan fingerprint density at radius 1 is 1.12 bits per heavy atom. The van der Waals surface area contributed by atoms with Crippen LogP contribution in [0, 0.1) is 0 Å². The van der Waals surface area contributed by atoms with E-state index in [4.69, 9.17) is 5.73 Å². The predicted octanol–water partition coefficient (Wildman–Crippen LogP) is 1.90. The molecule has 1 aliphatic carbocycles. The van der Waals surface area contributed by atoms with Crippen LogP contribution in [-0.2, 0) is 14.6 Å². The SMILES string of the molecule is CCC(N)C(=O)NC1(P(=O)(O)O)c2ccccc2-c2ccccc21. The van der Waals surface area contributed by atoms with Crippen molar-refractivity contribution in [2.45, 2.75) is 24.7 Å². The highest BCUT2D eigenvalue weighted by Crippen LogP contribution is 2.65. The van der Waals surface area contributed by atoms with Gasteiger partial charge in [0.2, 0.25) is 5.91 Å². The Morgan fingerprint density at radius 2 is 1.58 bits per heavy atom. The number of carbonyl (C=O) groups excluding carboxylic acids is 1. The van der Waals surface area contributed by atoms with Crippen molar-refractivity contribution in [2.75, 3.05) is 0 Å². The molecule has 0 fully saturated rings. The molecule has 0 saturated heterocycles. The zero-order valence-corrected chi connectivity index (χ0v) is 14.0. The van der Waals surface area contributed by atoms with Crippen LogP contribution in [0.15, 0.2) is 48.5 Å². The van der Waals surface area contributed by atoms with E-state index in [1.54, 1.807) is 55.5 Å². The molecule has 24 heavy (non-hydrogen) atoms. The summed E-state index contributed by atoms with van der Waals surface area (Å²) in [5, 5.41) is 0.656. The molecular formula is C17H19N2O4P. The maximum Gasteiger partial charge on any atom is 0.360 e. The molecular weight excluding hydrogens is 327 g/mol. The standard InChI is InChI=1S/C17H19N2O4P/c1-2-15(18)16(20)19-17(24(21,22)23)13-9-5-3-7-11(13)12-8-4-6-10-14(12)17/h3-10,15H,2,18H2,1H3,(H,19,20)(H2,21,22,23). The number of fused-ring (bicyclic) bond motifs is 3. The van der Waals surface area contributed by atoms with Gasteiger partial charge >= 0.3 is 7.60 Å². The van der Waals surface area contributed by atoms with Crippen LogP contribution in [0.1, 0.15) is 24.5 Å². The maximum atomic E-state index is 12.6. The summed E-state index contributed by atoms with van der Waals surface area (Å²) in [7, 11) is -4.80. The average Bonchev–Trinajstić information content (AvgIpc) is 2.86. The number of nitrogens with one attached hydrogen (secondary N) is 1. The highest BCUT2D eigenvalue weighted by Gasteiger charge is 2.56. The number of benzene rings is 2. The molecule has 126 valence electrons. The van der Waals surface area contributed by atoms with Crippen molar-refractivity contribution in [1.29, 1.82) is 0 Å². The summed E-state index contributed by atoms with van der Waals surface area (Å²) in [6.07, 6.45) is 0.367. The fraction of sp³-hybridized carbons (Fsp3) is 0.235. The lowest BCUT2D eigenvalue weighted by atomic mass is 10.0. The van der Waals surface area contributed by atoms with Crippen molar-refractivity contribution < 1.29 is 19.1 Å². The first-order valence-corrected chi connectivity index (χ1v) is 9.26. The number of carbonyl (C=O) groups is 1. The van der Waals surface area contributed by atoms with E-state index in [0.717, 1.165) is 0 Å². The van der Waals surface area contributed by atoms with Gasteiger partial charge in [0.15, 0.2) is 5.28 Å². The molecule has 1 unspecified atom stereocenters. The van der Waals surface area contributed by atoms with Gasteiger partial charge in [0.05, 0.1) is 6.04 Å². The van der Waals surface area contributed by atoms with Gasteiger partial charge in [0, 0.05) is 11.1 Å². The van der Waals surface area contributed by atoms with Crippen molar-refractivity contribution in [1.82, 2.24) is 5.32 Å². The van der Waals surface area contributed by atoms with E-state index in [2.05, 4.69) is 5.32 Å². The molecule has 0 saturated carbocycles. The highest BCUT2D eigenvalue weighted by atomic mass is 31.2. The van der Waals surface area contributed by atoms with Crippen molar-refractivity contribution >= 4 is 13.5 Å². The van der Waals surface area contributed by atoms with Crippen LogP contribution < -0.4 is 11.1 Å². The van der Waals surface area contributed by atoms with Gasteiger partial charge < -0.3 is 20.8 Å². The van der Waals surface area contributed by atoms with Crippen LogP contribution in [0.2, 0.25) is 0 Å². The lowest BCUT2D eigenvalue weighted by Crippen LogP contribution is -2.51. The summed E-state index contributed by atoms with van der Waals surface area (Å²) in [5.74, 6) is -0.590. The van der Waals surface area contributed by atoms with Gasteiger partial charge in [-0.2, -0.15) is 0 Å². The van der Waals surface area contributed by atoms with Gasteiger partial charge in [-0.3, -0.25) is 9.36 Å². The molecule has 1 amide bonds. The molecule has 3 rings (SSSR count).